The minimum atomic E-state index is -0.0412. The number of likely N-dealkylation sites (tertiary alicyclic amines) is 1. The van der Waals surface area contributed by atoms with Crippen molar-refractivity contribution in [3.8, 4) is 0 Å². The minimum Gasteiger partial charge on any atom is -0.314 e. The summed E-state index contributed by atoms with van der Waals surface area (Å²) >= 11 is 0. The Morgan fingerprint density at radius 2 is 1.57 bits per heavy atom. The SMILES string of the molecule is Cl.O=C1C2C3C=CC(C3)C2C(=O)N1CCN1CCNCC1. The zero-order chi connectivity index (χ0) is 13.7. The Morgan fingerprint density at radius 3 is 2.14 bits per heavy atom. The second-order valence-electron chi connectivity index (χ2n) is 6.42. The highest BCUT2D eigenvalue weighted by atomic mass is 35.5. The molecular formula is C15H22ClN3O2. The Bertz CT molecular complexity index is 446. The maximum Gasteiger partial charge on any atom is 0.233 e. The number of imide groups is 1. The molecule has 21 heavy (non-hydrogen) atoms. The highest BCUT2D eigenvalue weighted by Crippen LogP contribution is 2.52. The molecule has 1 N–H and O–H groups in total. The fourth-order valence-corrected chi connectivity index (χ4v) is 4.36. The van der Waals surface area contributed by atoms with Gasteiger partial charge in [0.15, 0.2) is 0 Å². The largest absolute Gasteiger partial charge is 0.314 e. The van der Waals surface area contributed by atoms with Crippen molar-refractivity contribution in [1.29, 1.82) is 0 Å². The van der Waals surface area contributed by atoms with Gasteiger partial charge in [0.25, 0.3) is 0 Å². The van der Waals surface area contributed by atoms with Crippen LogP contribution >= 0.6 is 12.4 Å². The molecule has 0 aromatic heterocycles. The number of nitrogens with one attached hydrogen (secondary N) is 1. The van der Waals surface area contributed by atoms with Gasteiger partial charge in [0.2, 0.25) is 11.8 Å². The number of rotatable bonds is 3. The molecule has 5 nitrogen and oxygen atoms in total. The molecule has 4 aliphatic rings. The zero-order valence-corrected chi connectivity index (χ0v) is 12.8. The van der Waals surface area contributed by atoms with Gasteiger partial charge in [-0.25, -0.2) is 0 Å². The summed E-state index contributed by atoms with van der Waals surface area (Å²) in [5, 5.41) is 3.32. The monoisotopic (exact) mass is 311 g/mol. The van der Waals surface area contributed by atoms with E-state index in [9.17, 15) is 9.59 Å². The lowest BCUT2D eigenvalue weighted by Crippen LogP contribution is -2.47. The van der Waals surface area contributed by atoms with Crippen LogP contribution in [0.25, 0.3) is 0 Å². The van der Waals surface area contributed by atoms with Crippen molar-refractivity contribution < 1.29 is 9.59 Å². The second-order valence-corrected chi connectivity index (χ2v) is 6.42. The van der Waals surface area contributed by atoms with Crippen LogP contribution in [0.2, 0.25) is 0 Å². The zero-order valence-electron chi connectivity index (χ0n) is 12.0. The molecule has 2 bridgehead atoms. The van der Waals surface area contributed by atoms with Gasteiger partial charge in [0.1, 0.15) is 0 Å². The van der Waals surface area contributed by atoms with Crippen molar-refractivity contribution in [3.05, 3.63) is 12.2 Å². The number of hydrogen-bond donors (Lipinski definition) is 1. The molecule has 116 valence electrons. The molecule has 3 fully saturated rings. The minimum absolute atomic E-state index is 0. The fraction of sp³-hybridized carbons (Fsp3) is 0.733. The number of piperazine rings is 1. The van der Waals surface area contributed by atoms with Crippen LogP contribution in [0.5, 0.6) is 0 Å². The number of allylic oxidation sites excluding steroid dienone is 2. The van der Waals surface area contributed by atoms with Gasteiger partial charge in [-0.1, -0.05) is 12.2 Å². The van der Waals surface area contributed by atoms with E-state index >= 15 is 0 Å². The van der Waals surface area contributed by atoms with Crippen LogP contribution in [-0.2, 0) is 9.59 Å². The Labute approximate surface area is 131 Å². The molecular weight excluding hydrogens is 290 g/mol. The Hall–Kier alpha value is -0.910. The third-order valence-corrected chi connectivity index (χ3v) is 5.41. The van der Waals surface area contributed by atoms with Gasteiger partial charge in [-0.05, 0) is 18.3 Å². The molecule has 2 aliphatic carbocycles. The molecule has 6 heteroatoms. The van der Waals surface area contributed by atoms with Crippen molar-refractivity contribution in [2.45, 2.75) is 6.42 Å². The van der Waals surface area contributed by atoms with Crippen LogP contribution in [0.15, 0.2) is 12.2 Å². The Kier molecular flexibility index (Phi) is 4.08. The predicted molar refractivity (Wildman–Crippen MR) is 81.0 cm³/mol. The van der Waals surface area contributed by atoms with Crippen LogP contribution in [-0.4, -0.2) is 60.9 Å². The van der Waals surface area contributed by atoms with E-state index in [0.717, 1.165) is 39.1 Å². The molecule has 4 rings (SSSR count). The van der Waals surface area contributed by atoms with Crippen molar-refractivity contribution >= 4 is 24.2 Å². The van der Waals surface area contributed by atoms with Crippen LogP contribution in [0.1, 0.15) is 6.42 Å². The lowest BCUT2D eigenvalue weighted by molar-refractivity contribution is -0.140. The first-order chi connectivity index (χ1) is 9.75. The number of amides is 2. The summed E-state index contributed by atoms with van der Waals surface area (Å²) in [6, 6.07) is 0. The maximum atomic E-state index is 12.5. The van der Waals surface area contributed by atoms with E-state index in [4.69, 9.17) is 0 Å². The van der Waals surface area contributed by atoms with E-state index < -0.39 is 0 Å². The van der Waals surface area contributed by atoms with Crippen LogP contribution < -0.4 is 5.32 Å². The third kappa shape index (κ3) is 2.31. The highest BCUT2D eigenvalue weighted by Gasteiger charge is 2.58. The van der Waals surface area contributed by atoms with Gasteiger partial charge in [0.05, 0.1) is 11.8 Å². The van der Waals surface area contributed by atoms with Crippen molar-refractivity contribution in [3.63, 3.8) is 0 Å². The summed E-state index contributed by atoms with van der Waals surface area (Å²) in [5.41, 5.74) is 0. The van der Waals surface area contributed by atoms with Gasteiger partial charge in [-0.15, -0.1) is 12.4 Å². The Morgan fingerprint density at radius 1 is 1.00 bits per heavy atom. The fourth-order valence-electron chi connectivity index (χ4n) is 4.36. The van der Waals surface area contributed by atoms with E-state index in [2.05, 4.69) is 22.4 Å². The second kappa shape index (κ2) is 5.71. The molecule has 0 spiro atoms. The van der Waals surface area contributed by atoms with Gasteiger partial charge in [0, 0.05) is 39.3 Å². The summed E-state index contributed by atoms with van der Waals surface area (Å²) in [4.78, 5) is 28.9. The van der Waals surface area contributed by atoms with Crippen LogP contribution in [0.3, 0.4) is 0 Å². The normalized spacial score (nSPS) is 38.0. The van der Waals surface area contributed by atoms with Gasteiger partial charge < -0.3 is 5.32 Å². The molecule has 4 unspecified atom stereocenters. The van der Waals surface area contributed by atoms with Gasteiger partial charge >= 0.3 is 0 Å². The molecule has 4 atom stereocenters. The quantitative estimate of drug-likeness (QED) is 0.594. The molecule has 2 amide bonds. The van der Waals surface area contributed by atoms with Gasteiger partial charge in [-0.2, -0.15) is 0 Å². The third-order valence-electron chi connectivity index (χ3n) is 5.41. The number of halogens is 1. The number of carbonyl (C=O) groups excluding carboxylic acids is 2. The van der Waals surface area contributed by atoms with Gasteiger partial charge in [-0.3, -0.25) is 19.4 Å². The van der Waals surface area contributed by atoms with Crippen LogP contribution in [0.4, 0.5) is 0 Å². The van der Waals surface area contributed by atoms with E-state index in [1.54, 1.807) is 4.90 Å². The number of fused-ring (bicyclic) bond motifs is 5. The predicted octanol–water partition coefficient (Wildman–Crippen LogP) is 0.121. The number of carbonyl (C=O) groups is 2. The topological polar surface area (TPSA) is 52.7 Å². The molecule has 0 aromatic rings. The lowest BCUT2D eigenvalue weighted by atomic mass is 9.85. The average Bonchev–Trinajstić information content (AvgIpc) is 3.13. The molecule has 0 radical (unpaired) electrons. The first-order valence-corrected chi connectivity index (χ1v) is 7.72. The summed E-state index contributed by atoms with van der Waals surface area (Å²) in [5.74, 6) is 0.747. The lowest BCUT2D eigenvalue weighted by Gasteiger charge is -2.28. The molecule has 0 aromatic carbocycles. The molecule has 2 heterocycles. The maximum absolute atomic E-state index is 12.5. The van der Waals surface area contributed by atoms with Crippen molar-refractivity contribution in [1.82, 2.24) is 15.1 Å². The summed E-state index contributed by atoms with van der Waals surface area (Å²) in [6.07, 6.45) is 5.31. The molecule has 1 saturated carbocycles. The highest BCUT2D eigenvalue weighted by molar-refractivity contribution is 6.06. The van der Waals surface area contributed by atoms with E-state index in [1.165, 1.54) is 0 Å². The first kappa shape index (κ1) is 15.0. The van der Waals surface area contributed by atoms with Crippen molar-refractivity contribution in [2.75, 3.05) is 39.3 Å². The summed E-state index contributed by atoms with van der Waals surface area (Å²) < 4.78 is 0. The Balaban J connectivity index is 0.00000132. The van der Waals surface area contributed by atoms with Crippen LogP contribution in [0, 0.1) is 23.7 Å². The number of hydrogen-bond acceptors (Lipinski definition) is 4. The smallest absolute Gasteiger partial charge is 0.233 e. The molecule has 2 aliphatic heterocycles. The molecule has 2 saturated heterocycles. The summed E-state index contributed by atoms with van der Waals surface area (Å²) in [6.45, 7) is 5.42. The van der Waals surface area contributed by atoms with E-state index in [-0.39, 0.29) is 36.1 Å². The first-order valence-electron chi connectivity index (χ1n) is 7.72. The van der Waals surface area contributed by atoms with E-state index in [1.807, 2.05) is 0 Å². The van der Waals surface area contributed by atoms with Crippen molar-refractivity contribution in [2.24, 2.45) is 23.7 Å². The standard InChI is InChI=1S/C15H21N3O2.ClH/c19-14-12-10-1-2-11(9-10)13(12)15(20)18(14)8-7-17-5-3-16-4-6-17;/h1-2,10-13,16H,3-9H2;1H. The number of nitrogens with zero attached hydrogens (tertiary/aromatic N) is 2. The van der Waals surface area contributed by atoms with E-state index in [0.29, 0.717) is 18.4 Å². The average molecular weight is 312 g/mol. The summed E-state index contributed by atoms with van der Waals surface area (Å²) in [7, 11) is 0.